The van der Waals surface area contributed by atoms with Crippen molar-refractivity contribution in [2.75, 3.05) is 13.1 Å². The lowest BCUT2D eigenvalue weighted by Gasteiger charge is -2.38. The fourth-order valence-corrected chi connectivity index (χ4v) is 2.40. The molecule has 0 aliphatic heterocycles. The average Bonchev–Trinajstić information content (AvgIpc) is 2.36. The Morgan fingerprint density at radius 3 is 1.44 bits per heavy atom. The van der Waals surface area contributed by atoms with E-state index in [2.05, 4.69) is 39.5 Å². The van der Waals surface area contributed by atoms with E-state index in [9.17, 15) is 0 Å². The largest absolute Gasteiger partial charge is 0.298 e. The Morgan fingerprint density at radius 2 is 1.11 bits per heavy atom. The van der Waals surface area contributed by atoms with E-state index in [1.807, 2.05) is 0 Å². The molecule has 1 heteroatoms. The first-order valence-corrected chi connectivity index (χ1v) is 8.33. The lowest BCUT2D eigenvalue weighted by molar-refractivity contribution is 0.110. The number of hydrogen-bond acceptors (Lipinski definition) is 1. The van der Waals surface area contributed by atoms with Crippen molar-refractivity contribution >= 4 is 0 Å². The molecule has 0 rings (SSSR count). The first-order valence-electron chi connectivity index (χ1n) is 8.33. The molecule has 0 atom stereocenters. The van der Waals surface area contributed by atoms with E-state index >= 15 is 0 Å². The maximum atomic E-state index is 2.73. The average molecular weight is 255 g/mol. The van der Waals surface area contributed by atoms with Gasteiger partial charge >= 0.3 is 0 Å². The molecular formula is C17H37N. The molecule has 0 saturated heterocycles. The van der Waals surface area contributed by atoms with E-state index in [1.165, 1.54) is 70.9 Å². The summed E-state index contributed by atoms with van der Waals surface area (Å²) >= 11 is 0. The maximum Gasteiger partial charge on any atom is 0.0150 e. The zero-order chi connectivity index (χ0) is 13.9. The van der Waals surface area contributed by atoms with Crippen molar-refractivity contribution in [1.29, 1.82) is 0 Å². The van der Waals surface area contributed by atoms with Crippen LogP contribution in [-0.4, -0.2) is 23.5 Å². The molecule has 1 nitrogen and oxygen atoms in total. The minimum Gasteiger partial charge on any atom is -0.298 e. The number of hydrogen-bond donors (Lipinski definition) is 0. The SMILES string of the molecule is CCCCCCN(CCCCCC)C(C)(C)CC. The summed E-state index contributed by atoms with van der Waals surface area (Å²) < 4.78 is 0. The second-order valence-corrected chi connectivity index (χ2v) is 6.27. The summed E-state index contributed by atoms with van der Waals surface area (Å²) in [4.78, 5) is 2.73. The predicted octanol–water partition coefficient (Wildman–Crippen LogP) is 5.64. The molecule has 0 aliphatic carbocycles. The van der Waals surface area contributed by atoms with Gasteiger partial charge in [0.25, 0.3) is 0 Å². The molecule has 0 bridgehead atoms. The highest BCUT2D eigenvalue weighted by molar-refractivity contribution is 4.79. The van der Waals surface area contributed by atoms with Crippen molar-refractivity contribution in [2.24, 2.45) is 0 Å². The zero-order valence-corrected chi connectivity index (χ0v) is 13.7. The third-order valence-corrected chi connectivity index (χ3v) is 4.28. The maximum absolute atomic E-state index is 2.73. The van der Waals surface area contributed by atoms with Gasteiger partial charge in [-0.25, -0.2) is 0 Å². The van der Waals surface area contributed by atoms with Crippen molar-refractivity contribution in [3.63, 3.8) is 0 Å². The van der Waals surface area contributed by atoms with Crippen molar-refractivity contribution < 1.29 is 0 Å². The number of nitrogens with zero attached hydrogens (tertiary/aromatic N) is 1. The van der Waals surface area contributed by atoms with Crippen molar-refractivity contribution in [1.82, 2.24) is 4.90 Å². The summed E-state index contributed by atoms with van der Waals surface area (Å²) in [6.07, 6.45) is 12.3. The molecule has 0 aliphatic rings. The molecule has 0 saturated carbocycles. The van der Waals surface area contributed by atoms with Gasteiger partial charge in [-0.15, -0.1) is 0 Å². The smallest absolute Gasteiger partial charge is 0.0150 e. The quantitative estimate of drug-likeness (QED) is 0.408. The van der Waals surface area contributed by atoms with Crippen LogP contribution in [0.5, 0.6) is 0 Å². The highest BCUT2D eigenvalue weighted by Crippen LogP contribution is 2.20. The van der Waals surface area contributed by atoms with Crippen LogP contribution in [0.4, 0.5) is 0 Å². The highest BCUT2D eigenvalue weighted by Gasteiger charge is 2.23. The van der Waals surface area contributed by atoms with Gasteiger partial charge in [-0.3, -0.25) is 4.90 Å². The summed E-state index contributed by atoms with van der Waals surface area (Å²) in [6, 6.07) is 0. The highest BCUT2D eigenvalue weighted by atomic mass is 15.2. The van der Waals surface area contributed by atoms with Gasteiger partial charge in [-0.05, 0) is 46.2 Å². The normalized spacial score (nSPS) is 12.3. The van der Waals surface area contributed by atoms with E-state index in [0.29, 0.717) is 5.54 Å². The van der Waals surface area contributed by atoms with Crippen LogP contribution in [0.2, 0.25) is 0 Å². The molecule has 0 aromatic rings. The fourth-order valence-electron chi connectivity index (χ4n) is 2.40. The molecule has 0 heterocycles. The van der Waals surface area contributed by atoms with Crippen LogP contribution in [0.15, 0.2) is 0 Å². The first kappa shape index (κ1) is 18.0. The molecule has 0 aromatic carbocycles. The monoisotopic (exact) mass is 255 g/mol. The van der Waals surface area contributed by atoms with Crippen LogP contribution in [-0.2, 0) is 0 Å². The van der Waals surface area contributed by atoms with Crippen molar-refractivity contribution in [3.05, 3.63) is 0 Å². The van der Waals surface area contributed by atoms with E-state index in [4.69, 9.17) is 0 Å². The van der Waals surface area contributed by atoms with Crippen LogP contribution in [0.3, 0.4) is 0 Å². The Hall–Kier alpha value is -0.0400. The minimum atomic E-state index is 0.387. The van der Waals surface area contributed by atoms with Crippen LogP contribution in [0.25, 0.3) is 0 Å². The van der Waals surface area contributed by atoms with E-state index in [-0.39, 0.29) is 0 Å². The van der Waals surface area contributed by atoms with Gasteiger partial charge in [0.2, 0.25) is 0 Å². The Kier molecular flexibility index (Phi) is 10.8. The number of unbranched alkanes of at least 4 members (excludes halogenated alkanes) is 6. The topological polar surface area (TPSA) is 3.24 Å². The van der Waals surface area contributed by atoms with Gasteiger partial charge in [0.15, 0.2) is 0 Å². The molecule has 0 N–H and O–H groups in total. The fraction of sp³-hybridized carbons (Fsp3) is 1.00. The Balaban J connectivity index is 4.00. The van der Waals surface area contributed by atoms with Gasteiger partial charge < -0.3 is 0 Å². The van der Waals surface area contributed by atoms with Gasteiger partial charge in [0.05, 0.1) is 0 Å². The first-order chi connectivity index (χ1) is 8.58. The zero-order valence-electron chi connectivity index (χ0n) is 13.7. The Morgan fingerprint density at radius 1 is 0.667 bits per heavy atom. The molecule has 0 amide bonds. The molecule has 18 heavy (non-hydrogen) atoms. The standard InChI is InChI=1S/C17H37N/c1-6-9-11-13-15-18(17(4,5)8-3)16-14-12-10-7-2/h6-16H2,1-5H3. The molecule has 0 aromatic heterocycles. The molecule has 110 valence electrons. The molecule has 0 fully saturated rings. The number of rotatable bonds is 12. The van der Waals surface area contributed by atoms with Gasteiger partial charge in [-0.1, -0.05) is 59.3 Å². The molecule has 0 spiro atoms. The van der Waals surface area contributed by atoms with E-state index in [1.54, 1.807) is 0 Å². The van der Waals surface area contributed by atoms with Crippen molar-refractivity contribution in [3.8, 4) is 0 Å². The van der Waals surface area contributed by atoms with Crippen LogP contribution < -0.4 is 0 Å². The van der Waals surface area contributed by atoms with Gasteiger partial charge in [-0.2, -0.15) is 0 Å². The lowest BCUT2D eigenvalue weighted by atomic mass is 9.97. The Labute approximate surface area is 116 Å². The van der Waals surface area contributed by atoms with Gasteiger partial charge in [0, 0.05) is 5.54 Å². The minimum absolute atomic E-state index is 0.387. The second-order valence-electron chi connectivity index (χ2n) is 6.27. The third-order valence-electron chi connectivity index (χ3n) is 4.28. The summed E-state index contributed by atoms with van der Waals surface area (Å²) in [5.74, 6) is 0. The molecule has 0 unspecified atom stereocenters. The van der Waals surface area contributed by atoms with Crippen LogP contribution >= 0.6 is 0 Å². The lowest BCUT2D eigenvalue weighted by Crippen LogP contribution is -2.44. The Bertz CT molecular complexity index is 162. The summed E-state index contributed by atoms with van der Waals surface area (Å²) in [7, 11) is 0. The summed E-state index contributed by atoms with van der Waals surface area (Å²) in [5.41, 5.74) is 0.387. The summed E-state index contributed by atoms with van der Waals surface area (Å²) in [5, 5.41) is 0. The molecule has 0 radical (unpaired) electrons. The van der Waals surface area contributed by atoms with E-state index < -0.39 is 0 Å². The van der Waals surface area contributed by atoms with Crippen LogP contribution in [0, 0.1) is 0 Å². The van der Waals surface area contributed by atoms with E-state index in [0.717, 1.165) is 0 Å². The van der Waals surface area contributed by atoms with Crippen LogP contribution in [0.1, 0.15) is 92.4 Å². The molecular weight excluding hydrogens is 218 g/mol. The van der Waals surface area contributed by atoms with Crippen molar-refractivity contribution in [2.45, 2.75) is 97.9 Å². The van der Waals surface area contributed by atoms with Gasteiger partial charge in [0.1, 0.15) is 0 Å². The third kappa shape index (κ3) is 8.13. The summed E-state index contributed by atoms with van der Waals surface area (Å²) in [6.45, 7) is 14.3. The second kappa shape index (κ2) is 10.8. The predicted molar refractivity (Wildman–Crippen MR) is 84.2 cm³/mol.